The summed E-state index contributed by atoms with van der Waals surface area (Å²) in [5, 5.41) is 13.3. The standard InChI is InChI=1S/C17H18BrNO3/c1-22-17(21)13-7-8-14(15(18)9-13)10-19-11-16(20)12-5-3-2-4-6-12/h2-9,16,19-20H,10-11H2,1H3/t16-/m1/s1. The molecule has 116 valence electrons. The van der Waals surface area contributed by atoms with Crippen LogP contribution in [-0.2, 0) is 11.3 Å². The zero-order valence-corrected chi connectivity index (χ0v) is 13.8. The minimum absolute atomic E-state index is 0.361. The molecule has 0 spiro atoms. The lowest BCUT2D eigenvalue weighted by molar-refractivity contribution is 0.0600. The van der Waals surface area contributed by atoms with E-state index in [0.29, 0.717) is 18.7 Å². The average molecular weight is 364 g/mol. The summed E-state index contributed by atoms with van der Waals surface area (Å²) in [6.45, 7) is 1.04. The number of aliphatic hydroxyl groups is 1. The van der Waals surface area contributed by atoms with E-state index in [1.165, 1.54) is 7.11 Å². The molecule has 0 aromatic heterocycles. The fraction of sp³-hybridized carbons (Fsp3) is 0.235. The maximum Gasteiger partial charge on any atom is 0.337 e. The minimum atomic E-state index is -0.547. The molecule has 0 aliphatic heterocycles. The Labute approximate surface area is 138 Å². The van der Waals surface area contributed by atoms with Crippen molar-refractivity contribution in [2.75, 3.05) is 13.7 Å². The lowest BCUT2D eigenvalue weighted by Gasteiger charge is -2.13. The molecule has 2 aromatic rings. The molecule has 1 atom stereocenters. The Hall–Kier alpha value is -1.69. The van der Waals surface area contributed by atoms with Gasteiger partial charge in [-0.1, -0.05) is 52.3 Å². The van der Waals surface area contributed by atoms with Gasteiger partial charge in [0.25, 0.3) is 0 Å². The monoisotopic (exact) mass is 363 g/mol. The smallest absolute Gasteiger partial charge is 0.337 e. The first-order valence-corrected chi connectivity index (χ1v) is 7.71. The highest BCUT2D eigenvalue weighted by molar-refractivity contribution is 9.10. The van der Waals surface area contributed by atoms with Gasteiger partial charge in [0.05, 0.1) is 18.8 Å². The first-order chi connectivity index (χ1) is 10.6. The van der Waals surface area contributed by atoms with E-state index in [2.05, 4.69) is 26.0 Å². The number of hydrogen-bond donors (Lipinski definition) is 2. The first kappa shape index (κ1) is 16.7. The van der Waals surface area contributed by atoms with Crippen LogP contribution in [0.5, 0.6) is 0 Å². The Kier molecular flexibility index (Phi) is 6.12. The van der Waals surface area contributed by atoms with Crippen LogP contribution in [0.3, 0.4) is 0 Å². The summed E-state index contributed by atoms with van der Waals surface area (Å²) >= 11 is 3.45. The van der Waals surface area contributed by atoms with E-state index in [-0.39, 0.29) is 5.97 Å². The van der Waals surface area contributed by atoms with Gasteiger partial charge >= 0.3 is 5.97 Å². The number of carbonyl (C=O) groups is 1. The van der Waals surface area contributed by atoms with Gasteiger partial charge in [0.15, 0.2) is 0 Å². The van der Waals surface area contributed by atoms with Gasteiger partial charge in [0.1, 0.15) is 0 Å². The maximum atomic E-state index is 11.4. The number of aliphatic hydroxyl groups excluding tert-OH is 1. The summed E-state index contributed by atoms with van der Waals surface area (Å²) in [5.41, 5.74) is 2.39. The van der Waals surface area contributed by atoms with E-state index < -0.39 is 6.10 Å². The van der Waals surface area contributed by atoms with E-state index >= 15 is 0 Å². The Morgan fingerprint density at radius 3 is 2.64 bits per heavy atom. The maximum absolute atomic E-state index is 11.4. The molecule has 0 bridgehead atoms. The Morgan fingerprint density at radius 1 is 1.27 bits per heavy atom. The normalized spacial score (nSPS) is 12.0. The molecular formula is C17H18BrNO3. The molecule has 5 heteroatoms. The summed E-state index contributed by atoms with van der Waals surface area (Å²) in [6.07, 6.45) is -0.547. The van der Waals surface area contributed by atoms with E-state index in [0.717, 1.165) is 15.6 Å². The van der Waals surface area contributed by atoms with Crippen molar-refractivity contribution in [2.45, 2.75) is 12.6 Å². The van der Waals surface area contributed by atoms with Gasteiger partial charge in [0.2, 0.25) is 0 Å². The van der Waals surface area contributed by atoms with Gasteiger partial charge in [-0.15, -0.1) is 0 Å². The van der Waals surface area contributed by atoms with Gasteiger partial charge in [-0.25, -0.2) is 4.79 Å². The predicted octanol–water partition coefficient (Wildman–Crippen LogP) is 3.06. The number of hydrogen-bond acceptors (Lipinski definition) is 4. The molecule has 22 heavy (non-hydrogen) atoms. The van der Waals surface area contributed by atoms with Crippen LogP contribution in [0.1, 0.15) is 27.6 Å². The number of ether oxygens (including phenoxy) is 1. The van der Waals surface area contributed by atoms with Gasteiger partial charge in [-0.05, 0) is 23.3 Å². The highest BCUT2D eigenvalue weighted by atomic mass is 79.9. The van der Waals surface area contributed by atoms with Crippen LogP contribution in [0, 0.1) is 0 Å². The second kappa shape index (κ2) is 8.08. The van der Waals surface area contributed by atoms with Gasteiger partial charge in [-0.2, -0.15) is 0 Å². The van der Waals surface area contributed by atoms with Crippen LogP contribution >= 0.6 is 15.9 Å². The number of methoxy groups -OCH3 is 1. The van der Waals surface area contributed by atoms with Crippen molar-refractivity contribution in [3.63, 3.8) is 0 Å². The Bertz CT molecular complexity index is 631. The third kappa shape index (κ3) is 4.40. The molecule has 2 N–H and O–H groups in total. The van der Waals surface area contributed by atoms with E-state index in [1.807, 2.05) is 36.4 Å². The zero-order valence-electron chi connectivity index (χ0n) is 12.3. The molecule has 0 aliphatic rings. The molecule has 0 fully saturated rings. The fourth-order valence-corrected chi connectivity index (χ4v) is 2.59. The molecule has 2 rings (SSSR count). The number of rotatable bonds is 6. The number of halogens is 1. The quantitative estimate of drug-likeness (QED) is 0.774. The highest BCUT2D eigenvalue weighted by Gasteiger charge is 2.10. The molecule has 0 radical (unpaired) electrons. The third-order valence-electron chi connectivity index (χ3n) is 3.31. The van der Waals surface area contributed by atoms with Crippen molar-refractivity contribution in [3.8, 4) is 0 Å². The van der Waals surface area contributed by atoms with Crippen LogP contribution in [0.15, 0.2) is 53.0 Å². The molecule has 4 nitrogen and oxygen atoms in total. The average Bonchev–Trinajstić information content (AvgIpc) is 2.56. The summed E-state index contributed by atoms with van der Waals surface area (Å²) in [4.78, 5) is 11.4. The van der Waals surface area contributed by atoms with Crippen molar-refractivity contribution in [1.29, 1.82) is 0 Å². The summed E-state index contributed by atoms with van der Waals surface area (Å²) < 4.78 is 5.51. The molecular weight excluding hydrogens is 346 g/mol. The van der Waals surface area contributed by atoms with E-state index in [9.17, 15) is 9.90 Å². The molecule has 0 heterocycles. The number of nitrogens with one attached hydrogen (secondary N) is 1. The SMILES string of the molecule is COC(=O)c1ccc(CNC[C@@H](O)c2ccccc2)c(Br)c1. The van der Waals surface area contributed by atoms with Crippen LogP contribution in [-0.4, -0.2) is 24.7 Å². The Morgan fingerprint density at radius 2 is 2.00 bits per heavy atom. The topological polar surface area (TPSA) is 58.6 Å². The molecule has 0 amide bonds. The van der Waals surface area contributed by atoms with E-state index in [4.69, 9.17) is 0 Å². The lowest BCUT2D eigenvalue weighted by atomic mass is 10.1. The predicted molar refractivity (Wildman–Crippen MR) is 88.6 cm³/mol. The van der Waals surface area contributed by atoms with Crippen molar-refractivity contribution in [3.05, 3.63) is 69.7 Å². The summed E-state index contributed by atoms with van der Waals surface area (Å²) in [6, 6.07) is 14.8. The van der Waals surface area contributed by atoms with Crippen molar-refractivity contribution < 1.29 is 14.6 Å². The number of carbonyl (C=O) groups excluding carboxylic acids is 1. The van der Waals surface area contributed by atoms with Crippen LogP contribution < -0.4 is 5.32 Å². The molecule has 2 aromatic carbocycles. The zero-order chi connectivity index (χ0) is 15.9. The highest BCUT2D eigenvalue weighted by Crippen LogP contribution is 2.19. The summed E-state index contributed by atoms with van der Waals surface area (Å²) in [5.74, 6) is -0.361. The van der Waals surface area contributed by atoms with Crippen molar-refractivity contribution in [1.82, 2.24) is 5.32 Å². The molecule has 0 aliphatic carbocycles. The van der Waals surface area contributed by atoms with Crippen LogP contribution in [0.25, 0.3) is 0 Å². The number of benzene rings is 2. The van der Waals surface area contributed by atoms with Crippen molar-refractivity contribution >= 4 is 21.9 Å². The fourth-order valence-electron chi connectivity index (χ4n) is 2.07. The van der Waals surface area contributed by atoms with Crippen molar-refractivity contribution in [2.24, 2.45) is 0 Å². The third-order valence-corrected chi connectivity index (χ3v) is 4.05. The number of esters is 1. The largest absolute Gasteiger partial charge is 0.465 e. The van der Waals surface area contributed by atoms with Gasteiger partial charge in [-0.3, -0.25) is 0 Å². The Balaban J connectivity index is 1.91. The van der Waals surface area contributed by atoms with Crippen LogP contribution in [0.2, 0.25) is 0 Å². The van der Waals surface area contributed by atoms with Gasteiger partial charge < -0.3 is 15.2 Å². The summed E-state index contributed by atoms with van der Waals surface area (Å²) in [7, 11) is 1.36. The van der Waals surface area contributed by atoms with E-state index in [1.54, 1.807) is 12.1 Å². The first-order valence-electron chi connectivity index (χ1n) is 6.92. The lowest BCUT2D eigenvalue weighted by Crippen LogP contribution is -2.21. The van der Waals surface area contributed by atoms with Crippen LogP contribution in [0.4, 0.5) is 0 Å². The molecule has 0 saturated heterocycles. The minimum Gasteiger partial charge on any atom is -0.465 e. The molecule has 0 saturated carbocycles. The second-order valence-corrected chi connectivity index (χ2v) is 5.71. The second-order valence-electron chi connectivity index (χ2n) is 4.86. The van der Waals surface area contributed by atoms with Gasteiger partial charge in [0, 0.05) is 17.6 Å². The molecule has 0 unspecified atom stereocenters.